The molecular formula is C12H13ClN2O5S. The minimum absolute atomic E-state index is 0.0680. The van der Waals surface area contributed by atoms with Crippen molar-refractivity contribution in [1.29, 1.82) is 0 Å². The number of rotatable bonds is 2. The Balaban J connectivity index is 2.07. The van der Waals surface area contributed by atoms with Crippen molar-refractivity contribution < 1.29 is 23.1 Å². The van der Waals surface area contributed by atoms with Crippen LogP contribution in [0.1, 0.15) is 10.4 Å². The Labute approximate surface area is 126 Å². The quantitative estimate of drug-likeness (QED) is 0.849. The van der Waals surface area contributed by atoms with E-state index < -0.39 is 21.8 Å². The summed E-state index contributed by atoms with van der Waals surface area (Å²) in [6, 6.07) is 3.64. The Morgan fingerprint density at radius 3 is 2.43 bits per heavy atom. The molecule has 2 amide bonds. The Morgan fingerprint density at radius 1 is 1.24 bits per heavy atom. The lowest BCUT2D eigenvalue weighted by molar-refractivity contribution is 0.0697. The van der Waals surface area contributed by atoms with Gasteiger partial charge in [0, 0.05) is 18.8 Å². The van der Waals surface area contributed by atoms with Gasteiger partial charge in [-0.3, -0.25) is 0 Å². The lowest BCUT2D eigenvalue weighted by atomic mass is 10.2. The van der Waals surface area contributed by atoms with Crippen molar-refractivity contribution in [3.8, 4) is 0 Å². The maximum atomic E-state index is 12.0. The summed E-state index contributed by atoms with van der Waals surface area (Å²) in [6.07, 6.45) is 0. The minimum Gasteiger partial charge on any atom is -0.478 e. The Kier molecular flexibility index (Phi) is 4.38. The van der Waals surface area contributed by atoms with Crippen molar-refractivity contribution in [2.45, 2.75) is 0 Å². The largest absolute Gasteiger partial charge is 0.478 e. The number of urea groups is 1. The Hall–Kier alpha value is -1.80. The smallest absolute Gasteiger partial charge is 0.337 e. The topological polar surface area (TPSA) is 104 Å². The summed E-state index contributed by atoms with van der Waals surface area (Å²) in [5.74, 6) is -1.33. The molecule has 0 bridgehead atoms. The van der Waals surface area contributed by atoms with Crippen molar-refractivity contribution in [2.75, 3.05) is 29.9 Å². The van der Waals surface area contributed by atoms with Crippen LogP contribution in [0.15, 0.2) is 18.2 Å². The van der Waals surface area contributed by atoms with Gasteiger partial charge in [-0.25, -0.2) is 18.0 Å². The molecule has 0 aliphatic carbocycles. The fraction of sp³-hybridized carbons (Fsp3) is 0.333. The number of anilines is 1. The first-order valence-corrected chi connectivity index (χ1v) is 8.27. The van der Waals surface area contributed by atoms with Crippen LogP contribution in [0.3, 0.4) is 0 Å². The SMILES string of the molecule is O=C(O)c1cc(NC(=O)N2CCS(=O)(=O)CC2)ccc1Cl. The van der Waals surface area contributed by atoms with Gasteiger partial charge in [0.25, 0.3) is 0 Å². The van der Waals surface area contributed by atoms with Crippen LogP contribution < -0.4 is 5.32 Å². The number of carboxylic acid groups (broad SMARTS) is 1. The molecule has 0 radical (unpaired) electrons. The predicted octanol–water partition coefficient (Wildman–Crippen LogP) is 1.30. The maximum Gasteiger partial charge on any atom is 0.337 e. The van der Waals surface area contributed by atoms with E-state index in [1.54, 1.807) is 0 Å². The van der Waals surface area contributed by atoms with E-state index in [1.165, 1.54) is 23.1 Å². The molecule has 21 heavy (non-hydrogen) atoms. The number of hydrogen-bond donors (Lipinski definition) is 2. The van der Waals surface area contributed by atoms with E-state index in [-0.39, 0.29) is 40.9 Å². The number of carboxylic acids is 1. The van der Waals surface area contributed by atoms with E-state index in [0.717, 1.165) is 0 Å². The van der Waals surface area contributed by atoms with Crippen LogP contribution in [0.5, 0.6) is 0 Å². The van der Waals surface area contributed by atoms with Crippen molar-refractivity contribution in [1.82, 2.24) is 4.90 Å². The number of carbonyl (C=O) groups is 2. The van der Waals surface area contributed by atoms with Crippen LogP contribution in [0.4, 0.5) is 10.5 Å². The van der Waals surface area contributed by atoms with Crippen LogP contribution in [0, 0.1) is 0 Å². The number of aromatic carboxylic acids is 1. The molecule has 2 rings (SSSR count). The monoisotopic (exact) mass is 332 g/mol. The number of nitrogens with one attached hydrogen (secondary N) is 1. The molecule has 1 aromatic rings. The molecule has 2 N–H and O–H groups in total. The summed E-state index contributed by atoms with van der Waals surface area (Å²) in [7, 11) is -3.06. The molecule has 1 aromatic carbocycles. The normalized spacial score (nSPS) is 17.3. The molecule has 1 heterocycles. The highest BCUT2D eigenvalue weighted by Crippen LogP contribution is 2.21. The van der Waals surface area contributed by atoms with Crippen molar-refractivity contribution in [3.63, 3.8) is 0 Å². The van der Waals surface area contributed by atoms with Gasteiger partial charge in [-0.05, 0) is 18.2 Å². The molecule has 0 atom stereocenters. The number of amides is 2. The fourth-order valence-corrected chi connectivity index (χ4v) is 3.28. The molecule has 1 aliphatic heterocycles. The molecule has 0 aromatic heterocycles. The standard InChI is InChI=1S/C12H13ClN2O5S/c13-10-2-1-8(7-9(10)11(16)17)14-12(18)15-3-5-21(19,20)6-4-15/h1-2,7H,3-6H2,(H,14,18)(H,16,17). The number of halogens is 1. The Morgan fingerprint density at radius 2 is 1.86 bits per heavy atom. The highest BCUT2D eigenvalue weighted by atomic mass is 35.5. The number of nitrogens with zero attached hydrogens (tertiary/aromatic N) is 1. The molecule has 0 saturated carbocycles. The third kappa shape index (κ3) is 3.85. The summed E-state index contributed by atoms with van der Waals surface area (Å²) < 4.78 is 22.6. The van der Waals surface area contributed by atoms with E-state index in [0.29, 0.717) is 0 Å². The van der Waals surface area contributed by atoms with Gasteiger partial charge in [0.1, 0.15) is 0 Å². The average molecular weight is 333 g/mol. The number of carbonyl (C=O) groups excluding carboxylic acids is 1. The van der Waals surface area contributed by atoms with Gasteiger partial charge in [0.2, 0.25) is 0 Å². The van der Waals surface area contributed by atoms with Gasteiger partial charge in [-0.2, -0.15) is 0 Å². The second kappa shape index (κ2) is 5.90. The number of benzene rings is 1. The summed E-state index contributed by atoms with van der Waals surface area (Å²) in [6.45, 7) is 0.237. The van der Waals surface area contributed by atoms with Gasteiger partial charge in [-0.15, -0.1) is 0 Å². The molecule has 9 heteroatoms. The third-order valence-electron chi connectivity index (χ3n) is 3.08. The Bertz CT molecular complexity index is 675. The number of hydrogen-bond acceptors (Lipinski definition) is 4. The van der Waals surface area contributed by atoms with E-state index in [9.17, 15) is 18.0 Å². The van der Waals surface area contributed by atoms with Crippen LogP contribution >= 0.6 is 11.6 Å². The van der Waals surface area contributed by atoms with Gasteiger partial charge < -0.3 is 15.3 Å². The summed E-state index contributed by atoms with van der Waals surface area (Å²) in [5.41, 5.74) is 0.172. The lowest BCUT2D eigenvalue weighted by Gasteiger charge is -2.26. The van der Waals surface area contributed by atoms with Gasteiger partial charge in [0.15, 0.2) is 9.84 Å². The second-order valence-electron chi connectivity index (χ2n) is 4.57. The first-order valence-electron chi connectivity index (χ1n) is 6.08. The first kappa shape index (κ1) is 15.6. The molecule has 0 unspecified atom stereocenters. The summed E-state index contributed by atoms with van der Waals surface area (Å²) in [5, 5.41) is 11.6. The van der Waals surface area contributed by atoms with Gasteiger partial charge in [-0.1, -0.05) is 11.6 Å². The average Bonchev–Trinajstić information content (AvgIpc) is 2.40. The zero-order valence-electron chi connectivity index (χ0n) is 10.9. The molecule has 114 valence electrons. The van der Waals surface area contributed by atoms with Crippen molar-refractivity contribution >= 4 is 39.1 Å². The van der Waals surface area contributed by atoms with Crippen LogP contribution in [0.2, 0.25) is 5.02 Å². The lowest BCUT2D eigenvalue weighted by Crippen LogP contribution is -2.45. The summed E-state index contributed by atoms with van der Waals surface area (Å²) in [4.78, 5) is 24.3. The van der Waals surface area contributed by atoms with Crippen molar-refractivity contribution in [2.24, 2.45) is 0 Å². The molecule has 7 nitrogen and oxygen atoms in total. The second-order valence-corrected chi connectivity index (χ2v) is 7.28. The maximum absolute atomic E-state index is 12.0. The third-order valence-corrected chi connectivity index (χ3v) is 5.02. The van der Waals surface area contributed by atoms with Crippen LogP contribution in [0.25, 0.3) is 0 Å². The van der Waals surface area contributed by atoms with E-state index in [2.05, 4.69) is 5.32 Å². The number of sulfone groups is 1. The zero-order chi connectivity index (χ0) is 15.6. The van der Waals surface area contributed by atoms with Gasteiger partial charge in [0.05, 0.1) is 22.1 Å². The van der Waals surface area contributed by atoms with E-state index in [4.69, 9.17) is 16.7 Å². The highest BCUT2D eigenvalue weighted by Gasteiger charge is 2.25. The molecule has 1 fully saturated rings. The molecule has 1 saturated heterocycles. The predicted molar refractivity (Wildman–Crippen MR) is 77.7 cm³/mol. The van der Waals surface area contributed by atoms with Crippen LogP contribution in [-0.4, -0.2) is 55.0 Å². The highest BCUT2D eigenvalue weighted by molar-refractivity contribution is 7.91. The van der Waals surface area contributed by atoms with E-state index >= 15 is 0 Å². The minimum atomic E-state index is -3.06. The summed E-state index contributed by atoms with van der Waals surface area (Å²) >= 11 is 5.74. The first-order chi connectivity index (χ1) is 9.78. The van der Waals surface area contributed by atoms with E-state index in [1.807, 2.05) is 0 Å². The van der Waals surface area contributed by atoms with Gasteiger partial charge >= 0.3 is 12.0 Å². The van der Waals surface area contributed by atoms with Crippen molar-refractivity contribution in [3.05, 3.63) is 28.8 Å². The zero-order valence-corrected chi connectivity index (χ0v) is 12.4. The molecular weight excluding hydrogens is 320 g/mol. The fourth-order valence-electron chi connectivity index (χ4n) is 1.88. The van der Waals surface area contributed by atoms with Crippen LogP contribution in [-0.2, 0) is 9.84 Å². The molecule has 0 spiro atoms. The molecule has 1 aliphatic rings.